The maximum Gasteiger partial charge on any atom is 0.333 e. The van der Waals surface area contributed by atoms with E-state index in [4.69, 9.17) is 10.4 Å². The van der Waals surface area contributed by atoms with Crippen molar-refractivity contribution in [3.63, 3.8) is 0 Å². The molecule has 4 amide bonds. The maximum atomic E-state index is 13.1. The molecule has 2 aromatic carbocycles. The fourth-order valence-corrected chi connectivity index (χ4v) is 4.93. The number of hydrogen-bond acceptors (Lipinski definition) is 9. The third kappa shape index (κ3) is 9.54. The number of benzene rings is 2. The maximum absolute atomic E-state index is 13.1. The van der Waals surface area contributed by atoms with E-state index in [1.54, 1.807) is 4.90 Å². The van der Waals surface area contributed by atoms with E-state index in [-0.39, 0.29) is 44.0 Å². The van der Waals surface area contributed by atoms with Gasteiger partial charge in [-0.3, -0.25) is 19.2 Å². The molecule has 0 saturated carbocycles. The molecule has 14 nitrogen and oxygen atoms in total. The van der Waals surface area contributed by atoms with E-state index in [0.29, 0.717) is 55.8 Å². The van der Waals surface area contributed by atoms with Gasteiger partial charge in [-0.2, -0.15) is 0 Å². The number of unbranched alkanes of at least 4 members (excludes halogenated alkanes) is 1. The van der Waals surface area contributed by atoms with Crippen molar-refractivity contribution in [1.29, 1.82) is 0 Å². The molecule has 0 aromatic heterocycles. The minimum Gasteiger partial charge on any atom is -0.334 e. The van der Waals surface area contributed by atoms with Gasteiger partial charge in [0.05, 0.1) is 17.9 Å². The SMILES string of the molecule is C=C1CCC(=O)N1OC(=O)CCCCC(=O)N1Cc2ccccc2C#Cc2ccccc21.[N-]=[N+]=NCCCC(=O)ON1C(=O)CCC1=O. The molecule has 3 aliphatic heterocycles. The van der Waals surface area contributed by atoms with Gasteiger partial charge >= 0.3 is 11.9 Å². The van der Waals surface area contributed by atoms with Gasteiger partial charge in [-0.25, -0.2) is 9.59 Å². The molecule has 0 bridgehead atoms. The van der Waals surface area contributed by atoms with Gasteiger partial charge in [-0.05, 0) is 55.0 Å². The van der Waals surface area contributed by atoms with Crippen molar-refractivity contribution in [2.75, 3.05) is 11.4 Å². The molecule has 0 atom stereocenters. The lowest BCUT2D eigenvalue weighted by molar-refractivity contribution is -0.197. The number of anilines is 1. The van der Waals surface area contributed by atoms with E-state index in [0.717, 1.165) is 27.4 Å². The molecule has 0 N–H and O–H groups in total. The lowest BCUT2D eigenvalue weighted by Gasteiger charge is -2.26. The normalized spacial score (nSPS) is 14.7. The van der Waals surface area contributed by atoms with Crippen molar-refractivity contribution in [2.24, 2.45) is 5.11 Å². The van der Waals surface area contributed by atoms with Gasteiger partial charge in [0.25, 0.3) is 17.7 Å². The number of amides is 4. The average molecular weight is 655 g/mol. The summed E-state index contributed by atoms with van der Waals surface area (Å²) in [7, 11) is 0. The molecule has 3 heterocycles. The second-order valence-corrected chi connectivity index (χ2v) is 10.9. The number of azide groups is 1. The standard InChI is InChI=1S/C26H24N2O4.C8H10N4O4/c1-19-14-17-25(30)28(19)32-26(31)13-7-6-12-24(29)27-18-22-10-3-2-8-20(22)15-16-21-9-4-5-11-23(21)27;9-11-10-5-1-2-8(15)16-12-6(13)3-4-7(12)14/h2-5,8-11H,1,6-7,12-14,17-18H2;1-5H2. The molecular weight excluding hydrogens is 620 g/mol. The van der Waals surface area contributed by atoms with Crippen LogP contribution in [0.3, 0.4) is 0 Å². The Bertz CT molecular complexity index is 1690. The molecule has 2 saturated heterocycles. The molecule has 14 heteroatoms. The third-order valence-corrected chi connectivity index (χ3v) is 7.43. The summed E-state index contributed by atoms with van der Waals surface area (Å²) in [6.45, 7) is 4.35. The van der Waals surface area contributed by atoms with Crippen molar-refractivity contribution >= 4 is 41.3 Å². The number of carbonyl (C=O) groups excluding carboxylic acids is 6. The Kier molecular flexibility index (Phi) is 12.5. The Hall–Kier alpha value is -5.93. The van der Waals surface area contributed by atoms with Crippen LogP contribution < -0.4 is 4.90 Å². The molecule has 2 aromatic rings. The van der Waals surface area contributed by atoms with E-state index in [9.17, 15) is 28.8 Å². The van der Waals surface area contributed by atoms with Gasteiger partial charge in [0.1, 0.15) is 0 Å². The number of nitrogens with zero attached hydrogens (tertiary/aromatic N) is 6. The van der Waals surface area contributed by atoms with Crippen LogP contribution in [0.5, 0.6) is 0 Å². The minimum atomic E-state index is -0.684. The highest BCUT2D eigenvalue weighted by Crippen LogP contribution is 2.27. The summed E-state index contributed by atoms with van der Waals surface area (Å²) >= 11 is 0. The number of imide groups is 1. The zero-order valence-electron chi connectivity index (χ0n) is 26.3. The predicted molar refractivity (Wildman–Crippen MR) is 170 cm³/mol. The zero-order chi connectivity index (χ0) is 34.5. The average Bonchev–Trinajstić information content (AvgIpc) is 3.56. The quantitative estimate of drug-likeness (QED) is 0.0830. The molecule has 5 rings (SSSR count). The number of hydroxylamine groups is 4. The van der Waals surface area contributed by atoms with Gasteiger partial charge in [0.15, 0.2) is 0 Å². The highest BCUT2D eigenvalue weighted by atomic mass is 16.7. The molecular formula is C34H34N6O8. The van der Waals surface area contributed by atoms with Crippen LogP contribution in [0.4, 0.5) is 5.69 Å². The Balaban J connectivity index is 0.000000274. The van der Waals surface area contributed by atoms with Crippen LogP contribution in [0.25, 0.3) is 10.4 Å². The fourth-order valence-electron chi connectivity index (χ4n) is 4.93. The van der Waals surface area contributed by atoms with E-state index in [1.807, 2.05) is 48.5 Å². The Morgan fingerprint density at radius 1 is 0.771 bits per heavy atom. The third-order valence-electron chi connectivity index (χ3n) is 7.43. The Morgan fingerprint density at radius 2 is 1.33 bits per heavy atom. The molecule has 248 valence electrons. The minimum absolute atomic E-state index is 0.00389. The Morgan fingerprint density at radius 3 is 2.02 bits per heavy atom. The van der Waals surface area contributed by atoms with Crippen LogP contribution in [0.1, 0.15) is 80.9 Å². The van der Waals surface area contributed by atoms with E-state index in [2.05, 4.69) is 33.3 Å². The molecule has 0 unspecified atom stereocenters. The molecule has 2 fully saturated rings. The highest BCUT2D eigenvalue weighted by molar-refractivity contribution is 6.01. The van der Waals surface area contributed by atoms with Gasteiger partial charge < -0.3 is 14.6 Å². The van der Waals surface area contributed by atoms with Crippen LogP contribution in [-0.2, 0) is 45.0 Å². The zero-order valence-corrected chi connectivity index (χ0v) is 26.3. The summed E-state index contributed by atoms with van der Waals surface area (Å²) in [6, 6.07) is 15.5. The van der Waals surface area contributed by atoms with Crippen LogP contribution in [-0.4, -0.2) is 52.2 Å². The van der Waals surface area contributed by atoms with Crippen molar-refractivity contribution in [3.8, 4) is 11.8 Å². The van der Waals surface area contributed by atoms with Crippen LogP contribution in [0, 0.1) is 11.8 Å². The van der Waals surface area contributed by atoms with Gasteiger partial charge in [0.2, 0.25) is 5.91 Å². The second kappa shape index (κ2) is 17.1. The first kappa shape index (κ1) is 34.9. The second-order valence-electron chi connectivity index (χ2n) is 10.9. The van der Waals surface area contributed by atoms with E-state index >= 15 is 0 Å². The largest absolute Gasteiger partial charge is 0.334 e. The summed E-state index contributed by atoms with van der Waals surface area (Å²) in [6.07, 6.45) is 2.74. The Labute approximate surface area is 276 Å². The smallest absolute Gasteiger partial charge is 0.333 e. The summed E-state index contributed by atoms with van der Waals surface area (Å²) in [5, 5.41) is 4.72. The molecule has 3 aliphatic rings. The van der Waals surface area contributed by atoms with Gasteiger partial charge in [-0.1, -0.05) is 53.9 Å². The number of rotatable bonds is 11. The number of hydrogen-bond donors (Lipinski definition) is 0. The van der Waals surface area contributed by atoms with Crippen LogP contribution in [0.15, 0.2) is 65.9 Å². The first-order chi connectivity index (χ1) is 23.2. The van der Waals surface area contributed by atoms with Crippen molar-refractivity contribution in [2.45, 2.75) is 70.8 Å². The monoisotopic (exact) mass is 654 g/mol. The number of para-hydroxylation sites is 1. The molecule has 48 heavy (non-hydrogen) atoms. The molecule has 0 aliphatic carbocycles. The van der Waals surface area contributed by atoms with Crippen molar-refractivity contribution in [3.05, 3.63) is 87.9 Å². The first-order valence-corrected chi connectivity index (χ1v) is 15.5. The summed E-state index contributed by atoms with van der Waals surface area (Å²) < 4.78 is 0. The number of allylic oxidation sites excluding steroid dienone is 1. The van der Waals surface area contributed by atoms with E-state index < -0.39 is 23.8 Å². The lowest BCUT2D eigenvalue weighted by atomic mass is 10.0. The molecule has 0 spiro atoms. The topological polar surface area (TPSA) is 179 Å². The fraction of sp³-hybridized carbons (Fsp3) is 0.353. The summed E-state index contributed by atoms with van der Waals surface area (Å²) in [5.41, 5.74) is 12.0. The highest BCUT2D eigenvalue weighted by Gasteiger charge is 2.32. The van der Waals surface area contributed by atoms with Crippen LogP contribution in [0.2, 0.25) is 0 Å². The van der Waals surface area contributed by atoms with Crippen molar-refractivity contribution < 1.29 is 38.4 Å². The first-order valence-electron chi connectivity index (χ1n) is 15.5. The lowest BCUT2D eigenvalue weighted by Crippen LogP contribution is -2.32. The van der Waals surface area contributed by atoms with E-state index in [1.165, 1.54) is 0 Å². The summed E-state index contributed by atoms with van der Waals surface area (Å²) in [5.74, 6) is 3.93. The number of carbonyl (C=O) groups is 6. The van der Waals surface area contributed by atoms with Crippen LogP contribution >= 0.6 is 0 Å². The molecule has 0 radical (unpaired) electrons. The van der Waals surface area contributed by atoms with Crippen molar-refractivity contribution in [1.82, 2.24) is 10.1 Å². The summed E-state index contributed by atoms with van der Waals surface area (Å²) in [4.78, 5) is 84.1. The van der Waals surface area contributed by atoms with Gasteiger partial charge in [0, 0.05) is 61.1 Å². The number of fused-ring (bicyclic) bond motifs is 2. The predicted octanol–water partition coefficient (Wildman–Crippen LogP) is 4.77. The van der Waals surface area contributed by atoms with Gasteiger partial charge in [-0.15, -0.1) is 10.1 Å².